The molecule has 23 heavy (non-hydrogen) atoms. The van der Waals surface area contributed by atoms with Gasteiger partial charge >= 0.3 is 0 Å². The number of nitrogens with one attached hydrogen (secondary N) is 1. The first kappa shape index (κ1) is 14.8. The van der Waals surface area contributed by atoms with Gasteiger partial charge in [-0.2, -0.15) is 0 Å². The first-order chi connectivity index (χ1) is 11.3. The van der Waals surface area contributed by atoms with Gasteiger partial charge in [0.15, 0.2) is 0 Å². The molecule has 2 aromatic rings. The normalized spacial score (nSPS) is 23.8. The van der Waals surface area contributed by atoms with E-state index < -0.39 is 0 Å². The molecule has 2 aliphatic rings. The van der Waals surface area contributed by atoms with Crippen LogP contribution in [-0.4, -0.2) is 19.1 Å². The zero-order valence-electron chi connectivity index (χ0n) is 14.0. The van der Waals surface area contributed by atoms with Crippen LogP contribution in [0.4, 0.5) is 5.69 Å². The van der Waals surface area contributed by atoms with Crippen molar-refractivity contribution in [3.63, 3.8) is 0 Å². The molecule has 2 aromatic carbocycles. The van der Waals surface area contributed by atoms with Crippen LogP contribution in [0.5, 0.6) is 0 Å². The third kappa shape index (κ3) is 3.13. The Morgan fingerprint density at radius 1 is 1.04 bits per heavy atom. The standard InChI is InChI=1S/C21H26N2/c1-16-6-4-9-19(14-16)23-13-12-18(15-23)22-21-11-5-8-17-7-2-3-10-20(17)21/h2-4,6-7,9-10,14,18,21-22H,5,8,11-13,15H2,1H3/t18?,21-/m1/s1. The number of hydrogen-bond acceptors (Lipinski definition) is 2. The number of hydrogen-bond donors (Lipinski definition) is 1. The van der Waals surface area contributed by atoms with Crippen molar-refractivity contribution in [2.75, 3.05) is 18.0 Å². The molecule has 1 unspecified atom stereocenters. The van der Waals surface area contributed by atoms with Gasteiger partial charge < -0.3 is 10.2 Å². The van der Waals surface area contributed by atoms with Crippen LogP contribution in [-0.2, 0) is 6.42 Å². The number of aryl methyl sites for hydroxylation is 2. The van der Waals surface area contributed by atoms with Crippen LogP contribution in [0.2, 0.25) is 0 Å². The molecular weight excluding hydrogens is 280 g/mol. The van der Waals surface area contributed by atoms with Gasteiger partial charge in [-0.25, -0.2) is 0 Å². The fourth-order valence-corrected chi connectivity index (χ4v) is 4.17. The molecule has 2 nitrogen and oxygen atoms in total. The van der Waals surface area contributed by atoms with Crippen LogP contribution in [0, 0.1) is 6.92 Å². The lowest BCUT2D eigenvalue weighted by atomic mass is 9.87. The van der Waals surface area contributed by atoms with Crippen molar-refractivity contribution in [3.05, 3.63) is 65.2 Å². The van der Waals surface area contributed by atoms with Crippen LogP contribution in [0.1, 0.15) is 42.0 Å². The summed E-state index contributed by atoms with van der Waals surface area (Å²) in [6.07, 6.45) is 5.07. The summed E-state index contributed by atoms with van der Waals surface area (Å²) in [5, 5.41) is 3.95. The summed E-state index contributed by atoms with van der Waals surface area (Å²) in [5.74, 6) is 0. The van der Waals surface area contributed by atoms with Gasteiger partial charge in [-0.1, -0.05) is 36.4 Å². The average molecular weight is 306 g/mol. The molecule has 1 aliphatic carbocycles. The maximum atomic E-state index is 3.95. The van der Waals surface area contributed by atoms with Gasteiger partial charge in [-0.05, 0) is 61.4 Å². The molecule has 1 saturated heterocycles. The van der Waals surface area contributed by atoms with E-state index in [0.29, 0.717) is 12.1 Å². The Kier molecular flexibility index (Phi) is 4.09. The summed E-state index contributed by atoms with van der Waals surface area (Å²) in [6, 6.07) is 19.0. The second kappa shape index (κ2) is 6.37. The van der Waals surface area contributed by atoms with Gasteiger partial charge in [0.25, 0.3) is 0 Å². The molecule has 2 atom stereocenters. The van der Waals surface area contributed by atoms with E-state index in [1.54, 1.807) is 5.56 Å². The maximum Gasteiger partial charge on any atom is 0.0369 e. The molecule has 120 valence electrons. The average Bonchev–Trinajstić information content (AvgIpc) is 3.04. The predicted octanol–water partition coefficient (Wildman–Crippen LogP) is 4.24. The van der Waals surface area contributed by atoms with Crippen molar-refractivity contribution in [2.24, 2.45) is 0 Å². The highest BCUT2D eigenvalue weighted by Gasteiger charge is 2.27. The Bertz CT molecular complexity index is 679. The van der Waals surface area contributed by atoms with E-state index in [1.807, 2.05) is 0 Å². The second-order valence-corrected chi connectivity index (χ2v) is 7.08. The van der Waals surface area contributed by atoms with Gasteiger partial charge in [0.05, 0.1) is 0 Å². The van der Waals surface area contributed by atoms with Crippen molar-refractivity contribution in [1.82, 2.24) is 5.32 Å². The Hall–Kier alpha value is -1.80. The number of benzene rings is 2. The zero-order valence-corrected chi connectivity index (χ0v) is 14.0. The van der Waals surface area contributed by atoms with E-state index in [0.717, 1.165) is 13.1 Å². The van der Waals surface area contributed by atoms with Crippen molar-refractivity contribution in [1.29, 1.82) is 0 Å². The Morgan fingerprint density at radius 2 is 1.96 bits per heavy atom. The monoisotopic (exact) mass is 306 g/mol. The molecule has 0 amide bonds. The van der Waals surface area contributed by atoms with Crippen LogP contribution in [0.15, 0.2) is 48.5 Å². The highest BCUT2D eigenvalue weighted by atomic mass is 15.2. The summed E-state index contributed by atoms with van der Waals surface area (Å²) >= 11 is 0. The van der Waals surface area contributed by atoms with Crippen molar-refractivity contribution < 1.29 is 0 Å². The molecule has 0 radical (unpaired) electrons. The lowest BCUT2D eigenvalue weighted by Crippen LogP contribution is -2.36. The summed E-state index contributed by atoms with van der Waals surface area (Å²) in [6.45, 7) is 4.46. The smallest absolute Gasteiger partial charge is 0.0369 e. The summed E-state index contributed by atoms with van der Waals surface area (Å²) < 4.78 is 0. The molecule has 1 N–H and O–H groups in total. The molecule has 1 fully saturated rings. The SMILES string of the molecule is Cc1cccc(N2CCC(N[C@@H]3CCCc4ccccc43)C2)c1. The van der Waals surface area contributed by atoms with Gasteiger partial charge in [-0.3, -0.25) is 0 Å². The molecule has 4 rings (SSSR count). The molecule has 0 saturated carbocycles. The minimum Gasteiger partial charge on any atom is -0.370 e. The third-order valence-corrected chi connectivity index (χ3v) is 5.36. The number of rotatable bonds is 3. The minimum atomic E-state index is 0.544. The van der Waals surface area contributed by atoms with E-state index in [-0.39, 0.29) is 0 Å². The topological polar surface area (TPSA) is 15.3 Å². The van der Waals surface area contributed by atoms with Gasteiger partial charge in [0, 0.05) is 30.9 Å². The van der Waals surface area contributed by atoms with Crippen LogP contribution < -0.4 is 10.2 Å². The fourth-order valence-electron chi connectivity index (χ4n) is 4.17. The van der Waals surface area contributed by atoms with E-state index in [9.17, 15) is 0 Å². The van der Waals surface area contributed by atoms with E-state index >= 15 is 0 Å². The third-order valence-electron chi connectivity index (χ3n) is 5.36. The van der Waals surface area contributed by atoms with Crippen molar-refractivity contribution in [3.8, 4) is 0 Å². The van der Waals surface area contributed by atoms with Crippen LogP contribution in [0.25, 0.3) is 0 Å². The second-order valence-electron chi connectivity index (χ2n) is 7.08. The highest BCUT2D eigenvalue weighted by Crippen LogP contribution is 2.31. The molecule has 0 aromatic heterocycles. The zero-order chi connectivity index (χ0) is 15.6. The fraction of sp³-hybridized carbons (Fsp3) is 0.429. The molecule has 1 heterocycles. The van der Waals surface area contributed by atoms with Crippen molar-refractivity contribution >= 4 is 5.69 Å². The maximum absolute atomic E-state index is 3.95. The summed E-state index contributed by atoms with van der Waals surface area (Å²) in [5.41, 5.74) is 5.80. The van der Waals surface area contributed by atoms with Gasteiger partial charge in [0.1, 0.15) is 0 Å². The molecule has 1 aliphatic heterocycles. The van der Waals surface area contributed by atoms with Crippen LogP contribution >= 0.6 is 0 Å². The van der Waals surface area contributed by atoms with Gasteiger partial charge in [-0.15, -0.1) is 0 Å². The largest absolute Gasteiger partial charge is 0.370 e. The van der Waals surface area contributed by atoms with E-state index in [4.69, 9.17) is 0 Å². The minimum absolute atomic E-state index is 0.544. The van der Waals surface area contributed by atoms with E-state index in [2.05, 4.69) is 65.7 Å². The first-order valence-corrected chi connectivity index (χ1v) is 8.95. The molecule has 0 bridgehead atoms. The lowest BCUT2D eigenvalue weighted by molar-refractivity contribution is 0.409. The summed E-state index contributed by atoms with van der Waals surface area (Å²) in [4.78, 5) is 2.53. The molecule has 0 spiro atoms. The Balaban J connectivity index is 1.43. The predicted molar refractivity (Wildman–Crippen MR) is 97.1 cm³/mol. The first-order valence-electron chi connectivity index (χ1n) is 8.95. The number of anilines is 1. The quantitative estimate of drug-likeness (QED) is 0.912. The highest BCUT2D eigenvalue weighted by molar-refractivity contribution is 5.49. The number of fused-ring (bicyclic) bond motifs is 1. The Morgan fingerprint density at radius 3 is 2.87 bits per heavy atom. The number of nitrogens with zero attached hydrogens (tertiary/aromatic N) is 1. The summed E-state index contributed by atoms with van der Waals surface area (Å²) in [7, 11) is 0. The Labute approximate surface area is 139 Å². The molecule has 2 heteroatoms. The van der Waals surface area contributed by atoms with Gasteiger partial charge in [0.2, 0.25) is 0 Å². The van der Waals surface area contributed by atoms with E-state index in [1.165, 1.54) is 42.5 Å². The molecular formula is C21H26N2. The van der Waals surface area contributed by atoms with Crippen molar-refractivity contribution in [2.45, 2.75) is 44.7 Å². The van der Waals surface area contributed by atoms with Crippen LogP contribution in [0.3, 0.4) is 0 Å². The lowest BCUT2D eigenvalue weighted by Gasteiger charge is -2.29.